The highest BCUT2D eigenvalue weighted by molar-refractivity contribution is 6.30. The maximum absolute atomic E-state index is 11.4. The number of ether oxygens (including phenoxy) is 1. The van der Waals surface area contributed by atoms with Gasteiger partial charge in [-0.25, -0.2) is 0 Å². The molecular formula is C16H13ClN4O2. The molecule has 6 nitrogen and oxygen atoms in total. The fraction of sp³-hybridized carbons (Fsp3) is 0.0625. The molecule has 0 atom stereocenters. The summed E-state index contributed by atoms with van der Waals surface area (Å²) in [5.74, 6) is -0.0812. The summed E-state index contributed by atoms with van der Waals surface area (Å²) in [4.78, 5) is 11.4. The molecule has 116 valence electrons. The van der Waals surface area contributed by atoms with Gasteiger partial charge in [-0.05, 0) is 29.8 Å². The molecule has 0 saturated heterocycles. The Balaban J connectivity index is 1.89. The molecule has 3 aromatic rings. The van der Waals surface area contributed by atoms with Crippen molar-refractivity contribution < 1.29 is 9.53 Å². The molecule has 1 amide bonds. The lowest BCUT2D eigenvalue weighted by Crippen LogP contribution is -2.13. The third-order valence-electron chi connectivity index (χ3n) is 3.21. The number of amides is 1. The Hall–Kier alpha value is -2.86. The van der Waals surface area contributed by atoms with E-state index in [0.717, 1.165) is 5.56 Å². The summed E-state index contributed by atoms with van der Waals surface area (Å²) in [7, 11) is 0. The lowest BCUT2D eigenvalue weighted by molar-refractivity contribution is 0.0996. The van der Waals surface area contributed by atoms with Crippen molar-refractivity contribution >= 4 is 17.5 Å². The number of carbonyl (C=O) groups excluding carboxylic acids is 1. The zero-order chi connectivity index (χ0) is 16.2. The normalized spacial score (nSPS) is 10.5. The number of benzene rings is 2. The van der Waals surface area contributed by atoms with E-state index in [1.807, 2.05) is 30.3 Å². The number of aromatic amines is 1. The number of nitrogens with two attached hydrogens (primary N) is 1. The highest BCUT2D eigenvalue weighted by Crippen LogP contribution is 2.30. The van der Waals surface area contributed by atoms with Crippen LogP contribution in [0.15, 0.2) is 48.5 Å². The maximum Gasteiger partial charge on any atom is 0.271 e. The van der Waals surface area contributed by atoms with Crippen LogP contribution in [0.4, 0.5) is 0 Å². The largest absolute Gasteiger partial charge is 0.488 e. The van der Waals surface area contributed by atoms with Gasteiger partial charge in [-0.3, -0.25) is 4.79 Å². The van der Waals surface area contributed by atoms with E-state index >= 15 is 0 Å². The predicted molar refractivity (Wildman–Crippen MR) is 86.1 cm³/mol. The average Bonchev–Trinajstić information content (AvgIpc) is 3.03. The molecule has 23 heavy (non-hydrogen) atoms. The number of halogens is 1. The summed E-state index contributed by atoms with van der Waals surface area (Å²) in [6.07, 6.45) is 0. The second-order valence-corrected chi connectivity index (χ2v) is 5.24. The fourth-order valence-electron chi connectivity index (χ4n) is 2.17. The number of nitrogens with zero attached hydrogens (tertiary/aromatic N) is 2. The summed E-state index contributed by atoms with van der Waals surface area (Å²) >= 11 is 5.97. The number of hydrogen-bond donors (Lipinski definition) is 2. The molecule has 0 aliphatic carbocycles. The van der Waals surface area contributed by atoms with Gasteiger partial charge in [0.2, 0.25) is 0 Å². The van der Waals surface area contributed by atoms with E-state index in [9.17, 15) is 4.79 Å². The Kier molecular flexibility index (Phi) is 4.25. The number of para-hydroxylation sites is 1. The van der Waals surface area contributed by atoms with E-state index in [-0.39, 0.29) is 5.69 Å². The minimum absolute atomic E-state index is 0.0730. The molecule has 0 aliphatic heterocycles. The number of nitrogens with one attached hydrogen (secondary N) is 1. The van der Waals surface area contributed by atoms with Crippen molar-refractivity contribution in [1.29, 1.82) is 0 Å². The van der Waals surface area contributed by atoms with Crippen LogP contribution in [0, 0.1) is 0 Å². The van der Waals surface area contributed by atoms with Gasteiger partial charge in [0.15, 0.2) is 5.69 Å². The quantitative estimate of drug-likeness (QED) is 0.753. The third kappa shape index (κ3) is 3.32. The van der Waals surface area contributed by atoms with Gasteiger partial charge in [0.1, 0.15) is 18.1 Å². The second-order valence-electron chi connectivity index (χ2n) is 4.80. The topological polar surface area (TPSA) is 93.9 Å². The third-order valence-corrected chi connectivity index (χ3v) is 3.44. The van der Waals surface area contributed by atoms with E-state index in [1.54, 1.807) is 18.2 Å². The first-order valence-corrected chi connectivity index (χ1v) is 7.20. The Morgan fingerprint density at radius 1 is 1.17 bits per heavy atom. The molecule has 0 unspecified atom stereocenters. The van der Waals surface area contributed by atoms with Gasteiger partial charge in [0.05, 0.1) is 0 Å². The lowest BCUT2D eigenvalue weighted by atomic mass is 10.1. The molecular weight excluding hydrogens is 316 g/mol. The molecule has 3 rings (SSSR count). The van der Waals surface area contributed by atoms with Crippen molar-refractivity contribution in [3.8, 4) is 17.0 Å². The molecule has 7 heteroatoms. The Bertz CT molecular complexity index is 847. The van der Waals surface area contributed by atoms with E-state index in [2.05, 4.69) is 15.4 Å². The van der Waals surface area contributed by atoms with Gasteiger partial charge in [0, 0.05) is 10.6 Å². The zero-order valence-corrected chi connectivity index (χ0v) is 12.7. The second kappa shape index (κ2) is 6.50. The molecule has 0 saturated carbocycles. The van der Waals surface area contributed by atoms with Crippen LogP contribution < -0.4 is 10.5 Å². The van der Waals surface area contributed by atoms with Crippen molar-refractivity contribution in [3.05, 3.63) is 64.8 Å². The van der Waals surface area contributed by atoms with Gasteiger partial charge < -0.3 is 10.5 Å². The van der Waals surface area contributed by atoms with Gasteiger partial charge in [0.25, 0.3) is 5.91 Å². The van der Waals surface area contributed by atoms with Crippen molar-refractivity contribution in [1.82, 2.24) is 15.4 Å². The molecule has 3 N–H and O–H groups in total. The standard InChI is InChI=1S/C16H13ClN4O2/c17-11-5-3-4-10(8-11)9-23-13-7-2-1-6-12(13)14-15(16(18)22)20-21-19-14/h1-8H,9H2,(H2,18,22)(H,19,20,21). The summed E-state index contributed by atoms with van der Waals surface area (Å²) in [5, 5.41) is 10.8. The fourth-order valence-corrected chi connectivity index (χ4v) is 2.38. The molecule has 0 aliphatic rings. The Morgan fingerprint density at radius 2 is 2.00 bits per heavy atom. The van der Waals surface area contributed by atoms with Crippen LogP contribution in [-0.4, -0.2) is 21.3 Å². The van der Waals surface area contributed by atoms with Crippen LogP contribution >= 0.6 is 11.6 Å². The van der Waals surface area contributed by atoms with Crippen LogP contribution in [0.1, 0.15) is 16.1 Å². The van der Waals surface area contributed by atoms with Gasteiger partial charge in [-0.2, -0.15) is 15.4 Å². The molecule has 0 fully saturated rings. The molecule has 1 heterocycles. The van der Waals surface area contributed by atoms with E-state index < -0.39 is 5.91 Å². The van der Waals surface area contributed by atoms with Crippen molar-refractivity contribution in [2.75, 3.05) is 0 Å². The smallest absolute Gasteiger partial charge is 0.271 e. The van der Waals surface area contributed by atoms with Crippen LogP contribution in [0.2, 0.25) is 5.02 Å². The van der Waals surface area contributed by atoms with Crippen LogP contribution in [0.3, 0.4) is 0 Å². The number of carbonyl (C=O) groups is 1. The van der Waals surface area contributed by atoms with Gasteiger partial charge in [-0.15, -0.1) is 0 Å². The predicted octanol–water partition coefficient (Wildman–Crippen LogP) is 2.80. The average molecular weight is 329 g/mol. The SMILES string of the molecule is NC(=O)c1n[nH]nc1-c1ccccc1OCc1cccc(Cl)c1. The highest BCUT2D eigenvalue weighted by Gasteiger charge is 2.18. The first-order chi connectivity index (χ1) is 11.1. The summed E-state index contributed by atoms with van der Waals surface area (Å²) in [6.45, 7) is 0.335. The van der Waals surface area contributed by atoms with Crippen LogP contribution in [0.25, 0.3) is 11.3 Å². The number of H-pyrrole nitrogens is 1. The van der Waals surface area contributed by atoms with E-state index in [4.69, 9.17) is 22.1 Å². The van der Waals surface area contributed by atoms with Crippen molar-refractivity contribution in [3.63, 3.8) is 0 Å². The molecule has 0 bridgehead atoms. The highest BCUT2D eigenvalue weighted by atomic mass is 35.5. The van der Waals surface area contributed by atoms with Gasteiger partial charge in [-0.1, -0.05) is 35.9 Å². The van der Waals surface area contributed by atoms with Crippen LogP contribution in [-0.2, 0) is 6.61 Å². The van der Waals surface area contributed by atoms with Crippen molar-refractivity contribution in [2.45, 2.75) is 6.61 Å². The first kappa shape index (κ1) is 15.1. The van der Waals surface area contributed by atoms with Crippen molar-refractivity contribution in [2.24, 2.45) is 5.73 Å². The summed E-state index contributed by atoms with van der Waals surface area (Å²) < 4.78 is 5.84. The summed E-state index contributed by atoms with van der Waals surface area (Å²) in [5.41, 5.74) is 7.31. The summed E-state index contributed by atoms with van der Waals surface area (Å²) in [6, 6.07) is 14.6. The van der Waals surface area contributed by atoms with E-state index in [1.165, 1.54) is 0 Å². The number of aromatic nitrogens is 3. The molecule has 2 aromatic carbocycles. The van der Waals surface area contributed by atoms with Gasteiger partial charge >= 0.3 is 0 Å². The molecule has 0 spiro atoms. The minimum atomic E-state index is -0.654. The molecule has 1 aromatic heterocycles. The number of primary amides is 1. The van der Waals surface area contributed by atoms with E-state index in [0.29, 0.717) is 28.6 Å². The molecule has 0 radical (unpaired) electrons. The Labute approximate surface area is 137 Å². The first-order valence-electron chi connectivity index (χ1n) is 6.82. The minimum Gasteiger partial charge on any atom is -0.488 e. The maximum atomic E-state index is 11.4. The van der Waals surface area contributed by atoms with Crippen LogP contribution in [0.5, 0.6) is 5.75 Å². The number of hydrogen-bond acceptors (Lipinski definition) is 4. The Morgan fingerprint density at radius 3 is 2.78 bits per heavy atom. The number of rotatable bonds is 5. The zero-order valence-electron chi connectivity index (χ0n) is 12.0. The monoisotopic (exact) mass is 328 g/mol. The lowest BCUT2D eigenvalue weighted by Gasteiger charge is -2.10.